The van der Waals surface area contributed by atoms with E-state index in [4.69, 9.17) is 14.9 Å². The molecular formula is C24H24N4O4S2. The van der Waals surface area contributed by atoms with Gasteiger partial charge in [0.25, 0.3) is 0 Å². The second-order valence-electron chi connectivity index (χ2n) is 7.49. The lowest BCUT2D eigenvalue weighted by atomic mass is 10.1. The number of methoxy groups -OCH3 is 1. The van der Waals surface area contributed by atoms with E-state index in [1.165, 1.54) is 23.9 Å². The Morgan fingerprint density at radius 3 is 2.44 bits per heavy atom. The van der Waals surface area contributed by atoms with Crippen molar-refractivity contribution in [3.8, 4) is 11.4 Å². The minimum Gasteiger partial charge on any atom is -0.497 e. The number of hydrogen-bond donors (Lipinski definition) is 2. The molecule has 4 aromatic rings. The van der Waals surface area contributed by atoms with Crippen LogP contribution in [-0.4, -0.2) is 43.3 Å². The first-order valence-electron chi connectivity index (χ1n) is 10.5. The van der Waals surface area contributed by atoms with Crippen LogP contribution in [0, 0.1) is 0 Å². The molecule has 1 amide bonds. The van der Waals surface area contributed by atoms with E-state index >= 15 is 0 Å². The third-order valence-electron chi connectivity index (χ3n) is 5.18. The number of ether oxygens (including phenoxy) is 1. The maximum absolute atomic E-state index is 12.5. The van der Waals surface area contributed by atoms with E-state index in [1.54, 1.807) is 19.2 Å². The Balaban J connectivity index is 1.39. The zero-order valence-electron chi connectivity index (χ0n) is 18.5. The van der Waals surface area contributed by atoms with E-state index in [0.29, 0.717) is 13.0 Å². The van der Waals surface area contributed by atoms with Gasteiger partial charge in [0, 0.05) is 12.2 Å². The summed E-state index contributed by atoms with van der Waals surface area (Å²) in [5.41, 5.74) is 3.64. The van der Waals surface area contributed by atoms with E-state index in [-0.39, 0.29) is 16.6 Å². The molecule has 0 saturated carbocycles. The number of thioether (sulfide) groups is 1. The van der Waals surface area contributed by atoms with Crippen molar-refractivity contribution in [2.45, 2.75) is 16.5 Å². The number of nitrogens with one attached hydrogen (secondary N) is 1. The first-order chi connectivity index (χ1) is 16.3. The smallest absolute Gasteiger partial charge is 0.238 e. The first kappa shape index (κ1) is 23.8. The Bertz CT molecular complexity index is 1400. The van der Waals surface area contributed by atoms with E-state index in [0.717, 1.165) is 33.2 Å². The monoisotopic (exact) mass is 496 g/mol. The molecule has 0 aliphatic carbocycles. The summed E-state index contributed by atoms with van der Waals surface area (Å²) in [6, 6.07) is 21.8. The van der Waals surface area contributed by atoms with Crippen LogP contribution >= 0.6 is 11.8 Å². The summed E-state index contributed by atoms with van der Waals surface area (Å²) in [6.07, 6.45) is 0.575. The van der Waals surface area contributed by atoms with Crippen LogP contribution in [0.4, 0.5) is 0 Å². The van der Waals surface area contributed by atoms with Crippen LogP contribution in [0.5, 0.6) is 5.75 Å². The Kier molecular flexibility index (Phi) is 7.20. The Hall–Kier alpha value is -3.34. The highest BCUT2D eigenvalue weighted by atomic mass is 32.2. The molecule has 0 saturated heterocycles. The number of carbonyl (C=O) groups is 1. The van der Waals surface area contributed by atoms with Gasteiger partial charge in [-0.3, -0.25) is 9.36 Å². The highest BCUT2D eigenvalue weighted by molar-refractivity contribution is 7.99. The quantitative estimate of drug-likeness (QED) is 0.344. The van der Waals surface area contributed by atoms with Crippen molar-refractivity contribution in [1.29, 1.82) is 0 Å². The molecule has 4 rings (SSSR count). The van der Waals surface area contributed by atoms with Crippen molar-refractivity contribution in [3.05, 3.63) is 78.4 Å². The van der Waals surface area contributed by atoms with Gasteiger partial charge in [0.05, 0.1) is 28.8 Å². The molecule has 0 radical (unpaired) electrons. The Morgan fingerprint density at radius 1 is 1.06 bits per heavy atom. The lowest BCUT2D eigenvalue weighted by Gasteiger charge is -2.10. The summed E-state index contributed by atoms with van der Waals surface area (Å²) in [5, 5.41) is 8.73. The highest BCUT2D eigenvalue weighted by Gasteiger charge is 2.14. The Morgan fingerprint density at radius 2 is 1.76 bits per heavy atom. The summed E-state index contributed by atoms with van der Waals surface area (Å²) < 4.78 is 30.0. The molecule has 0 aliphatic rings. The summed E-state index contributed by atoms with van der Waals surface area (Å²) in [4.78, 5) is 17.2. The number of fused-ring (bicyclic) bond motifs is 1. The van der Waals surface area contributed by atoms with Crippen LogP contribution in [0.3, 0.4) is 0 Å². The average molecular weight is 497 g/mol. The lowest BCUT2D eigenvalue weighted by molar-refractivity contribution is -0.118. The number of nitrogens with two attached hydrogens (primary N) is 1. The van der Waals surface area contributed by atoms with Gasteiger partial charge in [-0.1, -0.05) is 36.0 Å². The van der Waals surface area contributed by atoms with Crippen LogP contribution < -0.4 is 15.2 Å². The SMILES string of the molecule is COc1ccc(-n2c(SCC(=O)NCCc3ccc(S(N)(=O)=O)cc3)nc3ccccc32)cc1. The zero-order valence-corrected chi connectivity index (χ0v) is 20.1. The van der Waals surface area contributed by atoms with E-state index in [2.05, 4.69) is 5.32 Å². The molecule has 0 fully saturated rings. The normalized spacial score (nSPS) is 11.5. The van der Waals surface area contributed by atoms with Gasteiger partial charge >= 0.3 is 0 Å². The van der Waals surface area contributed by atoms with Crippen molar-refractivity contribution in [2.75, 3.05) is 19.4 Å². The first-order valence-corrected chi connectivity index (χ1v) is 13.0. The van der Waals surface area contributed by atoms with E-state index in [1.807, 2.05) is 53.1 Å². The number of amides is 1. The van der Waals surface area contributed by atoms with Crippen LogP contribution in [0.1, 0.15) is 5.56 Å². The number of nitrogens with zero attached hydrogens (tertiary/aromatic N) is 2. The summed E-state index contributed by atoms with van der Waals surface area (Å²) >= 11 is 1.36. The van der Waals surface area contributed by atoms with Crippen LogP contribution in [0.15, 0.2) is 82.8 Å². The molecule has 3 aromatic carbocycles. The number of benzene rings is 3. The van der Waals surface area contributed by atoms with Crippen molar-refractivity contribution in [3.63, 3.8) is 0 Å². The number of aromatic nitrogens is 2. The number of para-hydroxylation sites is 2. The molecule has 0 spiro atoms. The van der Waals surface area contributed by atoms with Gasteiger partial charge in [-0.15, -0.1) is 0 Å². The lowest BCUT2D eigenvalue weighted by Crippen LogP contribution is -2.27. The third kappa shape index (κ3) is 5.58. The van der Waals surface area contributed by atoms with Gasteiger partial charge in [0.15, 0.2) is 5.16 Å². The number of carbonyl (C=O) groups excluding carboxylic acids is 1. The zero-order chi connectivity index (χ0) is 24.1. The van der Waals surface area contributed by atoms with Gasteiger partial charge in [0.2, 0.25) is 15.9 Å². The molecule has 8 nitrogen and oxygen atoms in total. The van der Waals surface area contributed by atoms with Crippen LogP contribution in [-0.2, 0) is 21.2 Å². The number of primary sulfonamides is 1. The minimum atomic E-state index is -3.71. The standard InChI is InChI=1S/C24H24N4O4S2/c1-32-19-10-8-18(9-11-19)28-22-5-3-2-4-21(22)27-24(28)33-16-23(29)26-15-14-17-6-12-20(13-7-17)34(25,30)31/h2-13H,14-16H2,1H3,(H,26,29)(H2,25,30,31). The van der Waals surface area contributed by atoms with Gasteiger partial charge in [-0.2, -0.15) is 0 Å². The van der Waals surface area contributed by atoms with Gasteiger partial charge in [0.1, 0.15) is 5.75 Å². The molecule has 0 unspecified atom stereocenters. The number of hydrogen-bond acceptors (Lipinski definition) is 6. The molecule has 176 valence electrons. The minimum absolute atomic E-state index is 0.0661. The number of sulfonamides is 1. The van der Waals surface area contributed by atoms with Crippen LogP contribution in [0.25, 0.3) is 16.7 Å². The van der Waals surface area contributed by atoms with Crippen molar-refractivity contribution >= 4 is 38.7 Å². The molecule has 1 heterocycles. The molecule has 3 N–H and O–H groups in total. The molecule has 0 atom stereocenters. The van der Waals surface area contributed by atoms with Crippen molar-refractivity contribution in [2.24, 2.45) is 5.14 Å². The molecular weight excluding hydrogens is 472 g/mol. The molecule has 0 aliphatic heterocycles. The van der Waals surface area contributed by atoms with Crippen LogP contribution in [0.2, 0.25) is 0 Å². The number of imidazole rings is 1. The number of rotatable bonds is 9. The molecule has 10 heteroatoms. The fraction of sp³-hybridized carbons (Fsp3) is 0.167. The Labute approximate surface area is 202 Å². The topological polar surface area (TPSA) is 116 Å². The third-order valence-corrected chi connectivity index (χ3v) is 7.05. The van der Waals surface area contributed by atoms with Gasteiger partial charge < -0.3 is 10.1 Å². The maximum atomic E-state index is 12.5. The summed E-state index contributed by atoms with van der Waals surface area (Å²) in [5.74, 6) is 0.865. The summed E-state index contributed by atoms with van der Waals surface area (Å²) in [7, 11) is -2.08. The van der Waals surface area contributed by atoms with Crippen molar-refractivity contribution in [1.82, 2.24) is 14.9 Å². The largest absolute Gasteiger partial charge is 0.497 e. The second-order valence-corrected chi connectivity index (χ2v) is 10.00. The van der Waals surface area contributed by atoms with E-state index in [9.17, 15) is 13.2 Å². The molecule has 1 aromatic heterocycles. The molecule has 34 heavy (non-hydrogen) atoms. The molecule has 0 bridgehead atoms. The maximum Gasteiger partial charge on any atom is 0.238 e. The predicted octanol–water partition coefficient (Wildman–Crippen LogP) is 3.13. The van der Waals surface area contributed by atoms with Gasteiger partial charge in [-0.05, 0) is 60.5 Å². The van der Waals surface area contributed by atoms with Crippen molar-refractivity contribution < 1.29 is 17.9 Å². The van der Waals surface area contributed by atoms with E-state index < -0.39 is 10.0 Å². The fourth-order valence-corrected chi connectivity index (χ4v) is 4.83. The predicted molar refractivity (Wildman–Crippen MR) is 133 cm³/mol. The second kappa shape index (κ2) is 10.3. The average Bonchev–Trinajstić information content (AvgIpc) is 3.21. The summed E-state index contributed by atoms with van der Waals surface area (Å²) in [6.45, 7) is 0.434. The highest BCUT2D eigenvalue weighted by Crippen LogP contribution is 2.28. The fourth-order valence-electron chi connectivity index (χ4n) is 3.45. The van der Waals surface area contributed by atoms with Gasteiger partial charge in [-0.25, -0.2) is 18.5 Å².